The predicted molar refractivity (Wildman–Crippen MR) is 88.9 cm³/mol. The maximum atomic E-state index is 12.7. The number of piperidine rings is 1. The summed E-state index contributed by atoms with van der Waals surface area (Å²) in [6.45, 7) is 1.42. The highest BCUT2D eigenvalue weighted by Crippen LogP contribution is 2.30. The lowest BCUT2D eigenvalue weighted by Crippen LogP contribution is -2.50. The lowest BCUT2D eigenvalue weighted by Gasteiger charge is -2.35. The fourth-order valence-electron chi connectivity index (χ4n) is 2.90. The van der Waals surface area contributed by atoms with Crippen LogP contribution in [0.4, 0.5) is 0 Å². The molecule has 2 aliphatic heterocycles. The number of aromatic nitrogens is 1. The number of likely N-dealkylation sites (tertiary alicyclic amines) is 1. The fraction of sp³-hybridized carbons (Fsp3) is 0.625. The third kappa shape index (κ3) is 3.66. The molecule has 1 aromatic rings. The van der Waals surface area contributed by atoms with Gasteiger partial charge in [0, 0.05) is 25.0 Å². The Balaban J connectivity index is 1.75. The fourth-order valence-corrected chi connectivity index (χ4v) is 4.02. The number of aliphatic hydroxyl groups excluding tert-OH is 3. The lowest BCUT2D eigenvalue weighted by atomic mass is 10.1. The van der Waals surface area contributed by atoms with E-state index < -0.39 is 23.7 Å². The molecule has 24 heavy (non-hydrogen) atoms. The van der Waals surface area contributed by atoms with Gasteiger partial charge in [0.05, 0.1) is 6.10 Å². The molecule has 2 fully saturated rings. The molecule has 7 nitrogen and oxygen atoms in total. The zero-order chi connectivity index (χ0) is 17.1. The molecule has 2 saturated heterocycles. The number of ether oxygens (including phenoxy) is 1. The maximum absolute atomic E-state index is 12.7. The third-order valence-corrected chi connectivity index (χ3v) is 5.55. The zero-order valence-corrected chi connectivity index (χ0v) is 14.1. The number of rotatable bonds is 3. The topological polar surface area (TPSA) is 103 Å². The van der Waals surface area contributed by atoms with Crippen LogP contribution < -0.4 is 4.74 Å². The monoisotopic (exact) mass is 354 g/mol. The minimum atomic E-state index is -1.27. The molecule has 0 spiro atoms. The van der Waals surface area contributed by atoms with Crippen molar-refractivity contribution in [3.63, 3.8) is 0 Å². The highest BCUT2D eigenvalue weighted by atomic mass is 32.2. The van der Waals surface area contributed by atoms with E-state index in [9.17, 15) is 20.1 Å². The van der Waals surface area contributed by atoms with E-state index in [4.69, 9.17) is 4.74 Å². The first-order valence-electron chi connectivity index (χ1n) is 8.14. The molecule has 4 atom stereocenters. The number of nitrogens with zero attached hydrogens (tertiary/aromatic N) is 2. The summed E-state index contributed by atoms with van der Waals surface area (Å²) < 4.78 is 5.76. The summed E-state index contributed by atoms with van der Waals surface area (Å²) in [6, 6.07) is 3.29. The third-order valence-electron chi connectivity index (χ3n) is 4.31. The second kappa shape index (κ2) is 7.69. The Bertz CT molecular complexity index is 581. The molecule has 8 heteroatoms. The quantitative estimate of drug-likeness (QED) is 0.714. The highest BCUT2D eigenvalue weighted by molar-refractivity contribution is 7.99. The number of carbonyl (C=O) groups is 1. The van der Waals surface area contributed by atoms with Crippen LogP contribution in [0.15, 0.2) is 18.3 Å². The Kier molecular flexibility index (Phi) is 5.60. The van der Waals surface area contributed by atoms with Gasteiger partial charge in [-0.25, -0.2) is 4.98 Å². The van der Waals surface area contributed by atoms with Crippen LogP contribution in [-0.2, 0) is 0 Å². The van der Waals surface area contributed by atoms with Gasteiger partial charge in [-0.3, -0.25) is 4.79 Å². The van der Waals surface area contributed by atoms with Gasteiger partial charge in [0.25, 0.3) is 5.91 Å². The minimum Gasteiger partial charge on any atom is -0.474 e. The molecule has 0 bridgehead atoms. The molecule has 0 unspecified atom stereocenters. The van der Waals surface area contributed by atoms with E-state index in [2.05, 4.69) is 4.98 Å². The van der Waals surface area contributed by atoms with Crippen molar-refractivity contribution in [2.45, 2.75) is 43.0 Å². The Hall–Kier alpha value is -1.35. The maximum Gasteiger partial charge on any atom is 0.276 e. The van der Waals surface area contributed by atoms with Crippen molar-refractivity contribution in [2.24, 2.45) is 0 Å². The summed E-state index contributed by atoms with van der Waals surface area (Å²) in [5.41, 5.74) is -0.548. The van der Waals surface area contributed by atoms with Crippen molar-refractivity contribution in [3.05, 3.63) is 24.0 Å². The van der Waals surface area contributed by atoms with Crippen molar-refractivity contribution in [3.8, 4) is 5.75 Å². The zero-order valence-electron chi connectivity index (χ0n) is 13.2. The van der Waals surface area contributed by atoms with E-state index in [1.165, 1.54) is 18.0 Å². The first-order chi connectivity index (χ1) is 11.6. The number of aliphatic hydroxyl groups is 3. The average molecular weight is 354 g/mol. The van der Waals surface area contributed by atoms with Crippen molar-refractivity contribution in [2.75, 3.05) is 18.8 Å². The van der Waals surface area contributed by atoms with Crippen LogP contribution in [0.5, 0.6) is 5.75 Å². The summed E-state index contributed by atoms with van der Waals surface area (Å²) in [5.74, 6) is 0.354. The van der Waals surface area contributed by atoms with E-state index in [0.717, 1.165) is 19.3 Å². The molecule has 132 valence electrons. The number of amides is 1. The van der Waals surface area contributed by atoms with Crippen molar-refractivity contribution >= 4 is 17.7 Å². The van der Waals surface area contributed by atoms with E-state index >= 15 is 0 Å². The Morgan fingerprint density at radius 1 is 1.21 bits per heavy atom. The molecule has 0 aliphatic carbocycles. The normalized spacial score (nSPS) is 30.9. The van der Waals surface area contributed by atoms with Crippen LogP contribution in [-0.4, -0.2) is 73.7 Å². The van der Waals surface area contributed by atoms with Gasteiger partial charge < -0.3 is 25.0 Å². The molecule has 3 rings (SSSR count). The summed E-state index contributed by atoms with van der Waals surface area (Å²) in [4.78, 5) is 18.6. The molecule has 3 heterocycles. The number of carbonyl (C=O) groups excluding carboxylic acids is 1. The largest absolute Gasteiger partial charge is 0.474 e. The molecule has 2 aliphatic rings. The lowest BCUT2D eigenvalue weighted by molar-refractivity contribution is -0.0787. The minimum absolute atomic E-state index is 0.179. The molecule has 1 amide bonds. The van der Waals surface area contributed by atoms with E-state index in [0.29, 0.717) is 13.1 Å². The van der Waals surface area contributed by atoms with Gasteiger partial charge >= 0.3 is 0 Å². The van der Waals surface area contributed by atoms with Crippen molar-refractivity contribution < 1.29 is 24.9 Å². The smallest absolute Gasteiger partial charge is 0.276 e. The summed E-state index contributed by atoms with van der Waals surface area (Å²) in [6.07, 6.45) is 1.12. The molecule has 0 saturated carbocycles. The first-order valence-corrected chi connectivity index (χ1v) is 9.19. The van der Waals surface area contributed by atoms with Gasteiger partial charge in [0.15, 0.2) is 16.9 Å². The molecular weight excluding hydrogens is 332 g/mol. The summed E-state index contributed by atoms with van der Waals surface area (Å²) in [7, 11) is 0. The van der Waals surface area contributed by atoms with E-state index in [1.54, 1.807) is 17.0 Å². The Morgan fingerprint density at radius 2 is 1.96 bits per heavy atom. The van der Waals surface area contributed by atoms with Crippen LogP contribution in [0.2, 0.25) is 0 Å². The van der Waals surface area contributed by atoms with E-state index in [1.807, 2.05) is 0 Å². The summed E-state index contributed by atoms with van der Waals surface area (Å²) in [5, 5.41) is 29.5. The SMILES string of the molecule is O=C(c1ncccc1O[C@@H]1SC[C@@H](O)[C@H](O)[C@H]1O)N1CCCCC1. The van der Waals surface area contributed by atoms with E-state index in [-0.39, 0.29) is 23.1 Å². The number of pyridine rings is 1. The van der Waals surface area contributed by atoms with Crippen LogP contribution >= 0.6 is 11.8 Å². The average Bonchev–Trinajstić information content (AvgIpc) is 2.63. The number of hydrogen-bond donors (Lipinski definition) is 3. The van der Waals surface area contributed by atoms with Gasteiger partial charge in [0.1, 0.15) is 12.2 Å². The molecule has 0 aromatic carbocycles. The highest BCUT2D eigenvalue weighted by Gasteiger charge is 2.39. The Morgan fingerprint density at radius 3 is 2.71 bits per heavy atom. The Labute approximate surface area is 144 Å². The predicted octanol–water partition coefficient (Wildman–Crippen LogP) is 0.242. The molecule has 0 radical (unpaired) electrons. The standard InChI is InChI=1S/C16H22N2O5S/c19-10-9-24-16(14(21)13(10)20)23-11-5-4-6-17-12(11)15(22)18-7-2-1-3-8-18/h4-6,10,13-14,16,19-21H,1-3,7-9H2/t10-,13+,14-,16-/m1/s1. The van der Waals surface area contributed by atoms with Crippen molar-refractivity contribution in [1.29, 1.82) is 0 Å². The van der Waals surface area contributed by atoms with Gasteiger partial charge in [-0.1, -0.05) is 0 Å². The van der Waals surface area contributed by atoms with Crippen LogP contribution in [0.3, 0.4) is 0 Å². The van der Waals surface area contributed by atoms with Crippen LogP contribution in [0, 0.1) is 0 Å². The molecular formula is C16H22N2O5S. The molecule has 3 N–H and O–H groups in total. The van der Waals surface area contributed by atoms with Gasteiger partial charge in [-0.2, -0.15) is 0 Å². The van der Waals surface area contributed by atoms with Crippen LogP contribution in [0.1, 0.15) is 29.8 Å². The number of hydrogen-bond acceptors (Lipinski definition) is 7. The second-order valence-electron chi connectivity index (χ2n) is 6.07. The van der Waals surface area contributed by atoms with Crippen LogP contribution in [0.25, 0.3) is 0 Å². The van der Waals surface area contributed by atoms with Gasteiger partial charge in [0.2, 0.25) is 0 Å². The van der Waals surface area contributed by atoms with Gasteiger partial charge in [-0.05, 0) is 31.4 Å². The molecule has 1 aromatic heterocycles. The second-order valence-corrected chi connectivity index (χ2v) is 7.20. The number of thioether (sulfide) groups is 1. The van der Waals surface area contributed by atoms with Gasteiger partial charge in [-0.15, -0.1) is 11.8 Å². The summed E-state index contributed by atoms with van der Waals surface area (Å²) >= 11 is 1.20. The first kappa shape index (κ1) is 17.5. The van der Waals surface area contributed by atoms with Crippen molar-refractivity contribution in [1.82, 2.24) is 9.88 Å².